The molecular weight excluding hydrogens is 290 g/mol. The average Bonchev–Trinajstić information content (AvgIpc) is 2.37. The zero-order valence-corrected chi connectivity index (χ0v) is 13.5. The Kier molecular flexibility index (Phi) is 6.36. The summed E-state index contributed by atoms with van der Waals surface area (Å²) in [4.78, 5) is 11.1. The zero-order chi connectivity index (χ0) is 16.0. The Labute approximate surface area is 126 Å². The number of hydrogen-bond donors (Lipinski definition) is 2. The summed E-state index contributed by atoms with van der Waals surface area (Å²) in [5.74, 6) is -0.664. The van der Waals surface area contributed by atoms with Crippen LogP contribution in [0.2, 0.25) is 0 Å². The second kappa shape index (κ2) is 7.56. The fourth-order valence-corrected chi connectivity index (χ4v) is 3.28. The highest BCUT2D eigenvalue weighted by atomic mass is 32.2. The molecule has 2 N–H and O–H groups in total. The largest absolute Gasteiger partial charge is 0.480 e. The molecule has 0 aliphatic heterocycles. The molecule has 1 aromatic rings. The van der Waals surface area contributed by atoms with Crippen LogP contribution in [0.4, 0.5) is 0 Å². The SMILES string of the molecule is CCCC(NS(=O)(=O)c1ccc(CC(C)C)cc1)C(=O)O. The first kappa shape index (κ1) is 17.7. The fourth-order valence-electron chi connectivity index (χ4n) is 2.05. The number of hydrogen-bond acceptors (Lipinski definition) is 3. The van der Waals surface area contributed by atoms with E-state index >= 15 is 0 Å². The molecule has 0 saturated carbocycles. The van der Waals surface area contributed by atoms with Crippen molar-refractivity contribution in [2.45, 2.75) is 51.0 Å². The molecule has 1 rings (SSSR count). The average molecular weight is 313 g/mol. The van der Waals surface area contributed by atoms with Crippen molar-refractivity contribution in [3.05, 3.63) is 29.8 Å². The van der Waals surface area contributed by atoms with Crippen molar-refractivity contribution in [3.8, 4) is 0 Å². The molecule has 1 aromatic carbocycles. The van der Waals surface area contributed by atoms with Crippen LogP contribution in [0, 0.1) is 5.92 Å². The topological polar surface area (TPSA) is 83.5 Å². The Hall–Kier alpha value is -1.40. The van der Waals surface area contributed by atoms with Gasteiger partial charge in [-0.25, -0.2) is 8.42 Å². The van der Waals surface area contributed by atoms with Crippen LogP contribution in [0.3, 0.4) is 0 Å². The highest BCUT2D eigenvalue weighted by molar-refractivity contribution is 7.89. The molecule has 0 aliphatic carbocycles. The predicted octanol–water partition coefficient (Wildman–Crippen LogP) is 2.42. The number of aliphatic carboxylic acids is 1. The lowest BCUT2D eigenvalue weighted by Crippen LogP contribution is -2.40. The van der Waals surface area contributed by atoms with Crippen LogP contribution in [0.15, 0.2) is 29.2 Å². The van der Waals surface area contributed by atoms with E-state index in [4.69, 9.17) is 5.11 Å². The highest BCUT2D eigenvalue weighted by Crippen LogP contribution is 2.14. The van der Waals surface area contributed by atoms with Gasteiger partial charge in [-0.1, -0.05) is 39.3 Å². The van der Waals surface area contributed by atoms with E-state index < -0.39 is 22.0 Å². The van der Waals surface area contributed by atoms with Crippen LogP contribution in [0.1, 0.15) is 39.2 Å². The number of sulfonamides is 1. The zero-order valence-electron chi connectivity index (χ0n) is 12.7. The first-order valence-electron chi connectivity index (χ1n) is 7.10. The molecule has 0 amide bonds. The van der Waals surface area contributed by atoms with Gasteiger partial charge >= 0.3 is 5.97 Å². The molecule has 0 saturated heterocycles. The predicted molar refractivity (Wildman–Crippen MR) is 81.6 cm³/mol. The van der Waals surface area contributed by atoms with Crippen LogP contribution in [-0.2, 0) is 21.2 Å². The number of carboxylic acids is 1. The van der Waals surface area contributed by atoms with E-state index in [1.54, 1.807) is 12.1 Å². The van der Waals surface area contributed by atoms with Gasteiger partial charge in [0, 0.05) is 0 Å². The Morgan fingerprint density at radius 1 is 1.24 bits per heavy atom. The van der Waals surface area contributed by atoms with Crippen molar-refractivity contribution in [1.29, 1.82) is 0 Å². The monoisotopic (exact) mass is 313 g/mol. The van der Waals surface area contributed by atoms with Crippen molar-refractivity contribution >= 4 is 16.0 Å². The Bertz CT molecular complexity index is 564. The van der Waals surface area contributed by atoms with Crippen molar-refractivity contribution in [1.82, 2.24) is 4.72 Å². The third-order valence-electron chi connectivity index (χ3n) is 3.05. The van der Waals surface area contributed by atoms with Gasteiger partial charge < -0.3 is 5.11 Å². The first-order chi connectivity index (χ1) is 9.76. The van der Waals surface area contributed by atoms with Gasteiger partial charge in [0.05, 0.1) is 4.90 Å². The van der Waals surface area contributed by atoms with Crippen molar-refractivity contribution in [2.24, 2.45) is 5.92 Å². The smallest absolute Gasteiger partial charge is 0.321 e. The van der Waals surface area contributed by atoms with Gasteiger partial charge in [-0.3, -0.25) is 4.79 Å². The van der Waals surface area contributed by atoms with E-state index in [9.17, 15) is 13.2 Å². The summed E-state index contributed by atoms with van der Waals surface area (Å²) < 4.78 is 26.6. The number of nitrogens with one attached hydrogen (secondary N) is 1. The van der Waals surface area contributed by atoms with Gasteiger partial charge in [0.2, 0.25) is 10.0 Å². The summed E-state index contributed by atoms with van der Waals surface area (Å²) >= 11 is 0. The summed E-state index contributed by atoms with van der Waals surface area (Å²) in [5, 5.41) is 9.03. The molecule has 0 spiro atoms. The Balaban J connectivity index is 2.89. The van der Waals surface area contributed by atoms with Gasteiger partial charge in [-0.05, 0) is 36.5 Å². The molecule has 118 valence electrons. The minimum absolute atomic E-state index is 0.0948. The second-order valence-electron chi connectivity index (χ2n) is 5.54. The fraction of sp³-hybridized carbons (Fsp3) is 0.533. The summed E-state index contributed by atoms with van der Waals surface area (Å²) in [6.45, 7) is 5.99. The number of rotatable bonds is 8. The van der Waals surface area contributed by atoms with Crippen LogP contribution in [0.5, 0.6) is 0 Å². The lowest BCUT2D eigenvalue weighted by Gasteiger charge is -2.14. The van der Waals surface area contributed by atoms with E-state index in [0.717, 1.165) is 12.0 Å². The maximum atomic E-state index is 12.2. The second-order valence-corrected chi connectivity index (χ2v) is 7.26. The maximum Gasteiger partial charge on any atom is 0.321 e. The minimum Gasteiger partial charge on any atom is -0.480 e. The first-order valence-corrected chi connectivity index (χ1v) is 8.58. The van der Waals surface area contributed by atoms with Crippen LogP contribution >= 0.6 is 0 Å². The molecular formula is C15H23NO4S. The number of carbonyl (C=O) groups is 1. The molecule has 6 heteroatoms. The molecule has 5 nitrogen and oxygen atoms in total. The number of benzene rings is 1. The van der Waals surface area contributed by atoms with Gasteiger partial charge in [-0.15, -0.1) is 0 Å². The van der Waals surface area contributed by atoms with Crippen molar-refractivity contribution in [3.63, 3.8) is 0 Å². The van der Waals surface area contributed by atoms with E-state index in [2.05, 4.69) is 18.6 Å². The molecule has 1 atom stereocenters. The normalized spacial score (nSPS) is 13.3. The molecule has 1 unspecified atom stereocenters. The standard InChI is InChI=1S/C15H23NO4S/c1-4-5-14(15(17)18)16-21(19,20)13-8-6-12(7-9-13)10-11(2)3/h6-9,11,14,16H,4-5,10H2,1-3H3,(H,17,18). The van der Waals surface area contributed by atoms with E-state index in [1.807, 2.05) is 6.92 Å². The third-order valence-corrected chi connectivity index (χ3v) is 4.54. The van der Waals surface area contributed by atoms with Crippen molar-refractivity contribution < 1.29 is 18.3 Å². The summed E-state index contributed by atoms with van der Waals surface area (Å²) in [6.07, 6.45) is 1.73. The maximum absolute atomic E-state index is 12.2. The molecule has 0 bridgehead atoms. The van der Waals surface area contributed by atoms with Crippen molar-refractivity contribution in [2.75, 3.05) is 0 Å². The van der Waals surface area contributed by atoms with Crippen LogP contribution < -0.4 is 4.72 Å². The lowest BCUT2D eigenvalue weighted by atomic mass is 10.0. The molecule has 0 aliphatic rings. The summed E-state index contributed by atoms with van der Waals surface area (Å²) in [6, 6.07) is 5.49. The van der Waals surface area contributed by atoms with E-state index in [1.165, 1.54) is 12.1 Å². The van der Waals surface area contributed by atoms with Gasteiger partial charge in [0.1, 0.15) is 6.04 Å². The molecule has 0 fully saturated rings. The molecule has 0 radical (unpaired) electrons. The third kappa shape index (κ3) is 5.47. The number of carboxylic acid groups (broad SMARTS) is 1. The Morgan fingerprint density at radius 3 is 2.24 bits per heavy atom. The van der Waals surface area contributed by atoms with Crippen LogP contribution in [-0.4, -0.2) is 25.5 Å². The lowest BCUT2D eigenvalue weighted by molar-refractivity contribution is -0.139. The van der Waals surface area contributed by atoms with E-state index in [-0.39, 0.29) is 11.3 Å². The molecule has 0 aromatic heterocycles. The summed E-state index contributed by atoms with van der Waals surface area (Å²) in [7, 11) is -3.80. The van der Waals surface area contributed by atoms with Gasteiger partial charge in [-0.2, -0.15) is 4.72 Å². The molecule has 0 heterocycles. The van der Waals surface area contributed by atoms with Crippen LogP contribution in [0.25, 0.3) is 0 Å². The quantitative estimate of drug-likeness (QED) is 0.772. The summed E-state index contributed by atoms with van der Waals surface area (Å²) in [5.41, 5.74) is 1.06. The van der Waals surface area contributed by atoms with Gasteiger partial charge in [0.15, 0.2) is 0 Å². The van der Waals surface area contributed by atoms with E-state index in [0.29, 0.717) is 12.3 Å². The molecule has 21 heavy (non-hydrogen) atoms. The minimum atomic E-state index is -3.80. The van der Waals surface area contributed by atoms with Gasteiger partial charge in [0.25, 0.3) is 0 Å². The Morgan fingerprint density at radius 2 is 1.81 bits per heavy atom. The highest BCUT2D eigenvalue weighted by Gasteiger charge is 2.24.